The lowest BCUT2D eigenvalue weighted by atomic mass is 10.4. The van der Waals surface area contributed by atoms with Crippen LogP contribution in [0.1, 0.15) is 0 Å². The second-order valence-electron chi connectivity index (χ2n) is 5.22. The van der Waals surface area contributed by atoms with Crippen LogP contribution in [0, 0.1) is 0 Å². The molecule has 1 atom stereocenters. The second kappa shape index (κ2) is 7.73. The standard InChI is InChI=1S/C14H20N4O4S/c19-10-18(11-9-22-6-3-15-11)13-2-1-12(23-13)16-14(20)17-4-7-21-8-5-17/h1-2,10-11,15H,3-9H2,(H,16,20). The molecule has 1 unspecified atom stereocenters. The molecule has 8 nitrogen and oxygen atoms in total. The number of ether oxygens (including phenoxy) is 2. The van der Waals surface area contributed by atoms with Crippen molar-refractivity contribution in [3.8, 4) is 0 Å². The molecule has 0 spiro atoms. The summed E-state index contributed by atoms with van der Waals surface area (Å²) in [7, 11) is 0. The maximum Gasteiger partial charge on any atom is 0.322 e. The Bertz CT molecular complexity index is 541. The first-order valence-corrected chi connectivity index (χ1v) is 8.38. The molecule has 3 amide bonds. The van der Waals surface area contributed by atoms with Crippen LogP contribution in [-0.2, 0) is 14.3 Å². The summed E-state index contributed by atoms with van der Waals surface area (Å²) in [6, 6.07) is 3.49. The first kappa shape index (κ1) is 16.2. The molecule has 0 bridgehead atoms. The largest absolute Gasteiger partial charge is 0.378 e. The summed E-state index contributed by atoms with van der Waals surface area (Å²) in [5, 5.41) is 7.58. The van der Waals surface area contributed by atoms with Gasteiger partial charge in [0.1, 0.15) is 11.2 Å². The van der Waals surface area contributed by atoms with E-state index in [2.05, 4.69) is 10.6 Å². The van der Waals surface area contributed by atoms with Crippen molar-refractivity contribution >= 4 is 33.8 Å². The third-order valence-corrected chi connectivity index (χ3v) is 4.74. The average molecular weight is 340 g/mol. The molecule has 23 heavy (non-hydrogen) atoms. The summed E-state index contributed by atoms with van der Waals surface area (Å²) in [5.74, 6) is 0. The van der Waals surface area contributed by atoms with Crippen molar-refractivity contribution in [1.82, 2.24) is 10.2 Å². The van der Waals surface area contributed by atoms with Gasteiger partial charge in [-0.25, -0.2) is 4.79 Å². The summed E-state index contributed by atoms with van der Waals surface area (Å²) in [6.45, 7) is 4.12. The van der Waals surface area contributed by atoms with Crippen LogP contribution in [0.25, 0.3) is 0 Å². The van der Waals surface area contributed by atoms with Gasteiger partial charge in [-0.1, -0.05) is 0 Å². The molecule has 3 rings (SSSR count). The van der Waals surface area contributed by atoms with Crippen LogP contribution in [0.4, 0.5) is 14.8 Å². The van der Waals surface area contributed by atoms with Crippen LogP contribution in [0.15, 0.2) is 12.1 Å². The summed E-state index contributed by atoms with van der Waals surface area (Å²) < 4.78 is 10.6. The predicted molar refractivity (Wildman–Crippen MR) is 86.9 cm³/mol. The quantitative estimate of drug-likeness (QED) is 0.781. The van der Waals surface area contributed by atoms with Crippen molar-refractivity contribution in [3.05, 3.63) is 12.1 Å². The van der Waals surface area contributed by atoms with Crippen LogP contribution >= 0.6 is 11.3 Å². The fourth-order valence-corrected chi connectivity index (χ4v) is 3.41. The summed E-state index contributed by atoms with van der Waals surface area (Å²) in [6.07, 6.45) is 0.605. The zero-order chi connectivity index (χ0) is 16.1. The van der Waals surface area contributed by atoms with E-state index in [-0.39, 0.29) is 12.2 Å². The van der Waals surface area contributed by atoms with Crippen LogP contribution in [0.2, 0.25) is 0 Å². The maximum absolute atomic E-state index is 12.2. The SMILES string of the molecule is O=CN(c1ccc(NC(=O)N2CCOCC2)s1)C1COCCN1. The predicted octanol–water partition coefficient (Wildman–Crippen LogP) is 0.521. The van der Waals surface area contributed by atoms with Gasteiger partial charge in [-0.3, -0.25) is 20.3 Å². The Hall–Kier alpha value is -1.68. The lowest BCUT2D eigenvalue weighted by Crippen LogP contribution is -2.52. The van der Waals surface area contributed by atoms with E-state index in [9.17, 15) is 9.59 Å². The number of amides is 3. The van der Waals surface area contributed by atoms with E-state index in [1.54, 1.807) is 15.9 Å². The van der Waals surface area contributed by atoms with E-state index in [1.165, 1.54) is 11.3 Å². The number of morpholine rings is 2. The Morgan fingerprint density at radius 3 is 2.87 bits per heavy atom. The zero-order valence-corrected chi connectivity index (χ0v) is 13.5. The number of nitrogens with zero attached hydrogens (tertiary/aromatic N) is 2. The lowest BCUT2D eigenvalue weighted by Gasteiger charge is -2.31. The zero-order valence-electron chi connectivity index (χ0n) is 12.7. The van der Waals surface area contributed by atoms with E-state index < -0.39 is 0 Å². The number of hydrogen-bond acceptors (Lipinski definition) is 6. The number of carbonyl (C=O) groups excluding carboxylic acids is 2. The van der Waals surface area contributed by atoms with Gasteiger partial charge in [-0.15, -0.1) is 11.3 Å². The van der Waals surface area contributed by atoms with Crippen molar-refractivity contribution in [2.45, 2.75) is 6.17 Å². The Balaban J connectivity index is 1.62. The van der Waals surface area contributed by atoms with Gasteiger partial charge in [0.25, 0.3) is 0 Å². The van der Waals surface area contributed by atoms with Gasteiger partial charge in [0.2, 0.25) is 6.41 Å². The first-order chi connectivity index (χ1) is 11.3. The number of thiophene rings is 1. The summed E-state index contributed by atoms with van der Waals surface area (Å²) in [5.41, 5.74) is 0. The monoisotopic (exact) mass is 340 g/mol. The van der Waals surface area contributed by atoms with Crippen molar-refractivity contribution in [2.75, 3.05) is 56.3 Å². The molecular weight excluding hydrogens is 320 g/mol. The highest BCUT2D eigenvalue weighted by Gasteiger charge is 2.23. The van der Waals surface area contributed by atoms with E-state index in [4.69, 9.17) is 9.47 Å². The topological polar surface area (TPSA) is 83.1 Å². The Morgan fingerprint density at radius 1 is 1.35 bits per heavy atom. The average Bonchev–Trinajstić information content (AvgIpc) is 3.05. The number of hydrogen-bond donors (Lipinski definition) is 2. The smallest absolute Gasteiger partial charge is 0.322 e. The fraction of sp³-hybridized carbons (Fsp3) is 0.571. The molecule has 2 fully saturated rings. The van der Waals surface area contributed by atoms with Crippen LogP contribution in [0.3, 0.4) is 0 Å². The molecule has 9 heteroatoms. The van der Waals surface area contributed by atoms with Crippen LogP contribution < -0.4 is 15.5 Å². The van der Waals surface area contributed by atoms with Gasteiger partial charge in [0.15, 0.2) is 0 Å². The Kier molecular flexibility index (Phi) is 5.44. The van der Waals surface area contributed by atoms with Gasteiger partial charge >= 0.3 is 6.03 Å². The Morgan fingerprint density at radius 2 is 2.17 bits per heavy atom. The summed E-state index contributed by atoms with van der Waals surface area (Å²) in [4.78, 5) is 26.9. The molecule has 2 aliphatic rings. The molecular formula is C14H20N4O4S. The molecule has 0 saturated carbocycles. The third-order valence-electron chi connectivity index (χ3n) is 3.73. The molecule has 1 aromatic rings. The molecule has 2 aliphatic heterocycles. The number of nitrogens with one attached hydrogen (secondary N) is 2. The second-order valence-corrected chi connectivity index (χ2v) is 6.29. The van der Waals surface area contributed by atoms with E-state index >= 15 is 0 Å². The number of anilines is 2. The third kappa shape index (κ3) is 3.99. The lowest BCUT2D eigenvalue weighted by molar-refractivity contribution is -0.108. The van der Waals surface area contributed by atoms with Crippen molar-refractivity contribution in [1.29, 1.82) is 0 Å². The molecule has 1 aromatic heterocycles. The van der Waals surface area contributed by atoms with E-state index in [1.807, 2.05) is 6.07 Å². The molecule has 2 saturated heterocycles. The minimum absolute atomic E-state index is 0.140. The van der Waals surface area contributed by atoms with Crippen molar-refractivity contribution in [2.24, 2.45) is 0 Å². The van der Waals surface area contributed by atoms with E-state index in [0.29, 0.717) is 51.1 Å². The molecule has 2 N–H and O–H groups in total. The van der Waals surface area contributed by atoms with Gasteiger partial charge in [-0.05, 0) is 12.1 Å². The highest BCUT2D eigenvalue weighted by atomic mass is 32.1. The van der Waals surface area contributed by atoms with Crippen molar-refractivity contribution < 1.29 is 19.1 Å². The van der Waals surface area contributed by atoms with Crippen molar-refractivity contribution in [3.63, 3.8) is 0 Å². The molecule has 0 radical (unpaired) electrons. The minimum atomic E-state index is -0.178. The van der Waals surface area contributed by atoms with E-state index in [0.717, 1.165) is 11.4 Å². The minimum Gasteiger partial charge on any atom is -0.378 e. The molecule has 126 valence electrons. The highest BCUT2D eigenvalue weighted by molar-refractivity contribution is 7.20. The molecule has 3 heterocycles. The number of urea groups is 1. The Labute approximate surface area is 138 Å². The van der Waals surface area contributed by atoms with Gasteiger partial charge < -0.3 is 14.4 Å². The normalized spacial score (nSPS) is 21.7. The molecule has 0 aromatic carbocycles. The number of rotatable bonds is 4. The maximum atomic E-state index is 12.2. The van der Waals surface area contributed by atoms with Crippen LogP contribution in [0.5, 0.6) is 0 Å². The summed E-state index contributed by atoms with van der Waals surface area (Å²) >= 11 is 1.36. The fourth-order valence-electron chi connectivity index (χ4n) is 2.49. The van der Waals surface area contributed by atoms with Gasteiger partial charge in [0.05, 0.1) is 31.4 Å². The first-order valence-electron chi connectivity index (χ1n) is 7.56. The van der Waals surface area contributed by atoms with Gasteiger partial charge in [-0.2, -0.15) is 0 Å². The van der Waals surface area contributed by atoms with Gasteiger partial charge in [0, 0.05) is 19.6 Å². The number of carbonyl (C=O) groups is 2. The molecule has 0 aliphatic carbocycles. The van der Waals surface area contributed by atoms with Crippen LogP contribution in [-0.4, -0.2) is 69.6 Å². The highest BCUT2D eigenvalue weighted by Crippen LogP contribution is 2.30.